The van der Waals surface area contributed by atoms with E-state index in [1.54, 1.807) is 30.3 Å². The second kappa shape index (κ2) is 13.1. The SMILES string of the molecule is COc1cc(C(=O)Oc2ccc(Br)cc2C=NNC(=O)c2[nH]c3c(C#N)cccc3c2-c2ccccc2)cc(OC)c1OC. The molecule has 0 radical (unpaired) electrons. The van der Waals surface area contributed by atoms with E-state index in [1.807, 2.05) is 36.4 Å². The van der Waals surface area contributed by atoms with Gasteiger partial charge in [0.15, 0.2) is 11.5 Å². The van der Waals surface area contributed by atoms with Crippen molar-refractivity contribution in [2.75, 3.05) is 21.3 Å². The zero-order valence-corrected chi connectivity index (χ0v) is 25.4. The molecule has 0 aliphatic heterocycles. The molecular weight excluding hydrogens is 628 g/mol. The summed E-state index contributed by atoms with van der Waals surface area (Å²) >= 11 is 3.42. The number of H-pyrrole nitrogens is 1. The third kappa shape index (κ3) is 5.97. The van der Waals surface area contributed by atoms with E-state index >= 15 is 0 Å². The quantitative estimate of drug-likeness (QED) is 0.0805. The fraction of sp³-hybridized carbons (Fsp3) is 0.0909. The minimum absolute atomic E-state index is 0.169. The number of carbonyl (C=O) groups excluding carboxylic acids is 2. The van der Waals surface area contributed by atoms with Crippen LogP contribution in [0.3, 0.4) is 0 Å². The Balaban J connectivity index is 1.43. The van der Waals surface area contributed by atoms with Gasteiger partial charge in [-0.25, -0.2) is 10.2 Å². The summed E-state index contributed by atoms with van der Waals surface area (Å²) in [6.45, 7) is 0. The highest BCUT2D eigenvalue weighted by Gasteiger charge is 2.21. The minimum atomic E-state index is -0.677. The third-order valence-corrected chi connectivity index (χ3v) is 7.18. The Morgan fingerprint density at radius 2 is 1.64 bits per heavy atom. The molecule has 0 atom stereocenters. The van der Waals surface area contributed by atoms with Crippen molar-refractivity contribution in [2.24, 2.45) is 5.10 Å². The zero-order chi connectivity index (χ0) is 31.2. The molecule has 4 aromatic carbocycles. The average Bonchev–Trinajstić information content (AvgIpc) is 3.45. The molecule has 1 heterocycles. The van der Waals surface area contributed by atoms with Crippen LogP contribution in [0.5, 0.6) is 23.0 Å². The van der Waals surface area contributed by atoms with Gasteiger partial charge in [0.1, 0.15) is 17.5 Å². The Labute approximate surface area is 261 Å². The average molecular weight is 653 g/mol. The van der Waals surface area contributed by atoms with Crippen molar-refractivity contribution in [1.82, 2.24) is 10.4 Å². The number of nitriles is 1. The van der Waals surface area contributed by atoms with Gasteiger partial charge in [0.25, 0.3) is 5.91 Å². The minimum Gasteiger partial charge on any atom is -0.493 e. The number of aromatic nitrogens is 1. The van der Waals surface area contributed by atoms with E-state index in [4.69, 9.17) is 18.9 Å². The molecule has 0 unspecified atom stereocenters. The normalized spacial score (nSPS) is 10.8. The number of ether oxygens (including phenoxy) is 4. The summed E-state index contributed by atoms with van der Waals surface area (Å²) in [4.78, 5) is 29.7. The van der Waals surface area contributed by atoms with E-state index in [-0.39, 0.29) is 17.0 Å². The Kier molecular flexibility index (Phi) is 8.93. The number of amides is 1. The number of halogens is 1. The molecule has 44 heavy (non-hydrogen) atoms. The van der Waals surface area contributed by atoms with E-state index < -0.39 is 11.9 Å². The molecular formula is C33H25BrN4O6. The first-order valence-corrected chi connectivity index (χ1v) is 13.9. The molecule has 2 N–H and O–H groups in total. The fourth-order valence-electron chi connectivity index (χ4n) is 4.67. The lowest BCUT2D eigenvalue weighted by atomic mass is 10.0. The van der Waals surface area contributed by atoms with E-state index in [9.17, 15) is 14.9 Å². The van der Waals surface area contributed by atoms with E-state index in [0.717, 1.165) is 10.9 Å². The predicted molar refractivity (Wildman–Crippen MR) is 169 cm³/mol. The summed E-state index contributed by atoms with van der Waals surface area (Å²) in [5.74, 6) is -0.0665. The number of nitrogens with zero attached hydrogens (tertiary/aromatic N) is 2. The van der Waals surface area contributed by atoms with Crippen molar-refractivity contribution in [3.8, 4) is 40.2 Å². The van der Waals surface area contributed by atoms with Crippen molar-refractivity contribution >= 4 is 44.9 Å². The molecule has 1 amide bonds. The summed E-state index contributed by atoms with van der Waals surface area (Å²) in [7, 11) is 4.37. The molecule has 5 rings (SSSR count). The van der Waals surface area contributed by atoms with Gasteiger partial charge in [0, 0.05) is 21.0 Å². The van der Waals surface area contributed by atoms with Gasteiger partial charge in [-0.15, -0.1) is 0 Å². The number of para-hydroxylation sites is 1. The molecule has 0 saturated heterocycles. The van der Waals surface area contributed by atoms with Gasteiger partial charge < -0.3 is 23.9 Å². The molecule has 0 aliphatic rings. The maximum absolute atomic E-state index is 13.4. The number of hydrogen-bond acceptors (Lipinski definition) is 8. The second-order valence-corrected chi connectivity index (χ2v) is 10.2. The summed E-state index contributed by atoms with van der Waals surface area (Å²) in [6, 6.07) is 24.8. The second-order valence-electron chi connectivity index (χ2n) is 9.27. The molecule has 0 spiro atoms. The van der Waals surface area contributed by atoms with Crippen LogP contribution >= 0.6 is 15.9 Å². The number of hydrogen-bond donors (Lipinski definition) is 2. The smallest absolute Gasteiger partial charge is 0.343 e. The van der Waals surface area contributed by atoms with E-state index in [1.165, 1.54) is 39.7 Å². The molecule has 5 aromatic rings. The lowest BCUT2D eigenvalue weighted by molar-refractivity contribution is 0.0733. The summed E-state index contributed by atoms with van der Waals surface area (Å²) < 4.78 is 22.4. The maximum atomic E-state index is 13.4. The third-order valence-electron chi connectivity index (χ3n) is 6.69. The Morgan fingerprint density at radius 1 is 0.909 bits per heavy atom. The van der Waals surface area contributed by atoms with Crippen molar-refractivity contribution < 1.29 is 28.5 Å². The van der Waals surface area contributed by atoms with Crippen LogP contribution < -0.4 is 24.4 Å². The van der Waals surface area contributed by atoms with Gasteiger partial charge >= 0.3 is 5.97 Å². The van der Waals surface area contributed by atoms with Crippen molar-refractivity contribution in [3.05, 3.63) is 106 Å². The first-order valence-electron chi connectivity index (χ1n) is 13.1. The number of hydrazone groups is 1. The molecule has 0 fully saturated rings. The molecule has 10 nitrogen and oxygen atoms in total. The Hall–Kier alpha value is -5.60. The van der Waals surface area contributed by atoms with Gasteiger partial charge in [-0.1, -0.05) is 58.4 Å². The van der Waals surface area contributed by atoms with Crippen LogP contribution in [0.1, 0.15) is 32.0 Å². The van der Waals surface area contributed by atoms with Gasteiger partial charge in [-0.05, 0) is 42.0 Å². The number of fused-ring (bicyclic) bond motifs is 1. The maximum Gasteiger partial charge on any atom is 0.343 e. The van der Waals surface area contributed by atoms with Crippen LogP contribution in [0.4, 0.5) is 0 Å². The number of methoxy groups -OCH3 is 3. The number of esters is 1. The zero-order valence-electron chi connectivity index (χ0n) is 23.8. The van der Waals surface area contributed by atoms with Gasteiger partial charge in [0.2, 0.25) is 5.75 Å². The van der Waals surface area contributed by atoms with Crippen LogP contribution in [-0.4, -0.2) is 44.4 Å². The van der Waals surface area contributed by atoms with E-state index in [0.29, 0.717) is 43.9 Å². The highest BCUT2D eigenvalue weighted by atomic mass is 79.9. The number of carbonyl (C=O) groups is 2. The van der Waals surface area contributed by atoms with Crippen molar-refractivity contribution in [2.45, 2.75) is 0 Å². The van der Waals surface area contributed by atoms with Crippen LogP contribution in [0.2, 0.25) is 0 Å². The van der Waals surface area contributed by atoms with Gasteiger partial charge in [-0.3, -0.25) is 4.79 Å². The van der Waals surface area contributed by atoms with Crippen LogP contribution in [0.15, 0.2) is 88.4 Å². The van der Waals surface area contributed by atoms with Crippen molar-refractivity contribution in [1.29, 1.82) is 5.26 Å². The summed E-state index contributed by atoms with van der Waals surface area (Å²) in [6.07, 6.45) is 1.37. The lowest BCUT2D eigenvalue weighted by Crippen LogP contribution is -2.19. The van der Waals surface area contributed by atoms with Crippen molar-refractivity contribution in [3.63, 3.8) is 0 Å². The molecule has 11 heteroatoms. The highest BCUT2D eigenvalue weighted by Crippen LogP contribution is 2.39. The number of rotatable bonds is 9. The van der Waals surface area contributed by atoms with Crippen LogP contribution in [0.25, 0.3) is 22.0 Å². The fourth-order valence-corrected chi connectivity index (χ4v) is 5.05. The Morgan fingerprint density at radius 3 is 2.30 bits per heavy atom. The number of benzene rings is 4. The highest BCUT2D eigenvalue weighted by molar-refractivity contribution is 9.10. The lowest BCUT2D eigenvalue weighted by Gasteiger charge is -2.14. The predicted octanol–water partition coefficient (Wildman–Crippen LogP) is 6.48. The number of aromatic amines is 1. The first-order chi connectivity index (χ1) is 21.4. The van der Waals surface area contributed by atoms with E-state index in [2.05, 4.69) is 37.5 Å². The largest absolute Gasteiger partial charge is 0.493 e. The van der Waals surface area contributed by atoms with Gasteiger partial charge in [0.05, 0.1) is 44.2 Å². The van der Waals surface area contributed by atoms with Crippen LogP contribution in [-0.2, 0) is 0 Å². The molecule has 1 aromatic heterocycles. The molecule has 0 aliphatic carbocycles. The van der Waals surface area contributed by atoms with Crippen LogP contribution in [0, 0.1) is 11.3 Å². The Bertz CT molecular complexity index is 1920. The first kappa shape index (κ1) is 29.9. The monoisotopic (exact) mass is 652 g/mol. The summed E-state index contributed by atoms with van der Waals surface area (Å²) in [5.41, 5.74) is 5.78. The molecule has 0 bridgehead atoms. The molecule has 220 valence electrons. The number of nitrogens with one attached hydrogen (secondary N) is 2. The summed E-state index contributed by atoms with van der Waals surface area (Å²) in [5, 5.41) is 14.5. The van der Waals surface area contributed by atoms with Gasteiger partial charge in [-0.2, -0.15) is 10.4 Å². The molecule has 0 saturated carbocycles. The standard InChI is InChI=1S/C33H25BrN4O6/c1-41-26-15-21(16-27(42-2)31(26)43-3)33(40)44-25-13-12-23(34)14-22(25)18-36-38-32(39)30-28(19-8-5-4-6-9-19)24-11-7-10-20(17-35)29(24)37-30/h4-16,18,37H,1-3H3,(H,38,39). The topological polar surface area (TPSA) is 135 Å².